The fourth-order valence-electron chi connectivity index (χ4n) is 2.15. The highest BCUT2D eigenvalue weighted by atomic mass is 35.5. The predicted molar refractivity (Wildman–Crippen MR) is 69.1 cm³/mol. The van der Waals surface area contributed by atoms with Crippen molar-refractivity contribution in [3.63, 3.8) is 0 Å². The molecular weight excluding hydrogens is 218 g/mol. The summed E-state index contributed by atoms with van der Waals surface area (Å²) in [4.78, 5) is 0. The molecule has 1 aliphatic heterocycles. The van der Waals surface area contributed by atoms with Crippen LogP contribution in [0.15, 0.2) is 42.5 Å². The van der Waals surface area contributed by atoms with E-state index in [9.17, 15) is 0 Å². The number of hydrogen-bond acceptors (Lipinski definition) is 1. The van der Waals surface area contributed by atoms with Gasteiger partial charge < -0.3 is 5.32 Å². The first kappa shape index (κ1) is 9.73. The van der Waals surface area contributed by atoms with Crippen LogP contribution in [0.3, 0.4) is 0 Å². The average molecular weight is 230 g/mol. The zero-order valence-electron chi connectivity index (χ0n) is 8.83. The first-order valence-corrected chi connectivity index (χ1v) is 5.83. The Bertz CT molecular complexity index is 534. The third kappa shape index (κ3) is 1.68. The molecule has 16 heavy (non-hydrogen) atoms. The predicted octanol–water partition coefficient (Wildman–Crippen LogP) is 3.98. The van der Waals surface area contributed by atoms with Gasteiger partial charge in [-0.3, -0.25) is 0 Å². The highest BCUT2D eigenvalue weighted by Crippen LogP contribution is 2.29. The van der Waals surface area contributed by atoms with Gasteiger partial charge in [-0.15, -0.1) is 0 Å². The number of hydrogen-bond donors (Lipinski definition) is 1. The maximum absolute atomic E-state index is 6.00. The Hall–Kier alpha value is -1.47. The van der Waals surface area contributed by atoms with Gasteiger partial charge in [-0.1, -0.05) is 29.8 Å². The van der Waals surface area contributed by atoms with Gasteiger partial charge in [0.05, 0.1) is 0 Å². The van der Waals surface area contributed by atoms with Gasteiger partial charge in [-0.2, -0.15) is 0 Å². The van der Waals surface area contributed by atoms with Crippen molar-refractivity contribution in [3.8, 4) is 11.1 Å². The topological polar surface area (TPSA) is 12.0 Å². The van der Waals surface area contributed by atoms with Gasteiger partial charge in [0.15, 0.2) is 0 Å². The molecule has 1 N–H and O–H groups in total. The quantitative estimate of drug-likeness (QED) is 0.780. The summed E-state index contributed by atoms with van der Waals surface area (Å²) in [5, 5.41) is 4.15. The van der Waals surface area contributed by atoms with Crippen molar-refractivity contribution >= 4 is 17.3 Å². The SMILES string of the molecule is Clc1cccc(-c2ccc3c(c2)CCN3)c1. The lowest BCUT2D eigenvalue weighted by molar-refractivity contribution is 1.11. The molecule has 2 aromatic carbocycles. The summed E-state index contributed by atoms with van der Waals surface area (Å²) in [6.45, 7) is 1.05. The van der Waals surface area contributed by atoms with Crippen LogP contribution >= 0.6 is 11.6 Å². The lowest BCUT2D eigenvalue weighted by Crippen LogP contribution is -1.90. The van der Waals surface area contributed by atoms with Crippen LogP contribution in [0.25, 0.3) is 11.1 Å². The van der Waals surface area contributed by atoms with Gasteiger partial charge in [-0.05, 0) is 47.4 Å². The third-order valence-corrected chi connectivity index (χ3v) is 3.21. The molecule has 0 saturated heterocycles. The molecule has 0 spiro atoms. The first-order valence-electron chi connectivity index (χ1n) is 5.46. The number of benzene rings is 2. The maximum atomic E-state index is 6.00. The van der Waals surface area contributed by atoms with E-state index in [0.29, 0.717) is 0 Å². The van der Waals surface area contributed by atoms with Crippen LogP contribution < -0.4 is 5.32 Å². The highest BCUT2D eigenvalue weighted by Gasteiger charge is 2.10. The second-order valence-corrected chi connectivity index (χ2v) is 4.50. The molecule has 3 rings (SSSR count). The molecule has 0 aliphatic carbocycles. The molecule has 0 bridgehead atoms. The van der Waals surface area contributed by atoms with E-state index in [1.165, 1.54) is 22.4 Å². The molecule has 1 heterocycles. The zero-order chi connectivity index (χ0) is 11.0. The normalized spacial score (nSPS) is 13.3. The van der Waals surface area contributed by atoms with E-state index in [-0.39, 0.29) is 0 Å². The maximum Gasteiger partial charge on any atom is 0.0412 e. The van der Waals surface area contributed by atoms with E-state index < -0.39 is 0 Å². The van der Waals surface area contributed by atoms with Crippen LogP contribution in [0.4, 0.5) is 5.69 Å². The number of rotatable bonds is 1. The molecule has 0 radical (unpaired) electrons. The van der Waals surface area contributed by atoms with Crippen LogP contribution in [0.2, 0.25) is 5.02 Å². The van der Waals surface area contributed by atoms with Crippen LogP contribution in [-0.4, -0.2) is 6.54 Å². The van der Waals surface area contributed by atoms with Gasteiger partial charge in [-0.25, -0.2) is 0 Å². The van der Waals surface area contributed by atoms with Gasteiger partial charge in [0.25, 0.3) is 0 Å². The fraction of sp³-hybridized carbons (Fsp3) is 0.143. The Kier molecular flexibility index (Phi) is 2.33. The standard InChI is InChI=1S/C14H12ClN/c15-13-3-1-2-10(9-13)11-4-5-14-12(8-11)6-7-16-14/h1-5,8-9,16H,6-7H2. The number of fused-ring (bicyclic) bond motifs is 1. The molecule has 2 heteroatoms. The Labute approximate surface area is 100 Å². The minimum atomic E-state index is 0.788. The second kappa shape index (κ2) is 3.84. The highest BCUT2D eigenvalue weighted by molar-refractivity contribution is 6.30. The van der Waals surface area contributed by atoms with E-state index in [4.69, 9.17) is 11.6 Å². The molecule has 1 aliphatic rings. The van der Waals surface area contributed by atoms with Crippen LogP contribution in [0.5, 0.6) is 0 Å². The molecule has 80 valence electrons. The molecule has 0 atom stereocenters. The molecule has 0 saturated carbocycles. The lowest BCUT2D eigenvalue weighted by atomic mass is 10.0. The summed E-state index contributed by atoms with van der Waals surface area (Å²) in [6.07, 6.45) is 1.11. The summed E-state index contributed by atoms with van der Waals surface area (Å²) in [6, 6.07) is 14.5. The Balaban J connectivity index is 2.07. The number of halogens is 1. The van der Waals surface area contributed by atoms with Gasteiger partial charge in [0.2, 0.25) is 0 Å². The smallest absolute Gasteiger partial charge is 0.0412 e. The zero-order valence-corrected chi connectivity index (χ0v) is 9.59. The molecular formula is C14H12ClN. The van der Waals surface area contributed by atoms with Crippen molar-refractivity contribution in [2.75, 3.05) is 11.9 Å². The van der Waals surface area contributed by atoms with Crippen molar-refractivity contribution in [2.45, 2.75) is 6.42 Å². The number of anilines is 1. The van der Waals surface area contributed by atoms with E-state index >= 15 is 0 Å². The van der Waals surface area contributed by atoms with Crippen molar-refractivity contribution in [1.29, 1.82) is 0 Å². The minimum absolute atomic E-state index is 0.788. The molecule has 1 nitrogen and oxygen atoms in total. The van der Waals surface area contributed by atoms with E-state index in [1.54, 1.807) is 0 Å². The average Bonchev–Trinajstić information content (AvgIpc) is 2.75. The van der Waals surface area contributed by atoms with Crippen LogP contribution in [0, 0.1) is 0 Å². The lowest BCUT2D eigenvalue weighted by Gasteiger charge is -2.05. The van der Waals surface area contributed by atoms with Crippen LogP contribution in [-0.2, 0) is 6.42 Å². The third-order valence-electron chi connectivity index (χ3n) is 2.97. The number of nitrogens with one attached hydrogen (secondary N) is 1. The molecule has 0 unspecified atom stereocenters. The molecule has 0 fully saturated rings. The van der Waals surface area contributed by atoms with Gasteiger partial charge in [0, 0.05) is 17.3 Å². The van der Waals surface area contributed by atoms with Crippen LogP contribution in [0.1, 0.15) is 5.56 Å². The summed E-state index contributed by atoms with van der Waals surface area (Å²) in [5.41, 5.74) is 5.09. The Morgan fingerprint density at radius 1 is 1.00 bits per heavy atom. The Morgan fingerprint density at radius 2 is 1.88 bits per heavy atom. The first-order chi connectivity index (χ1) is 7.83. The minimum Gasteiger partial charge on any atom is -0.384 e. The van der Waals surface area contributed by atoms with E-state index in [2.05, 4.69) is 29.6 Å². The summed E-state index contributed by atoms with van der Waals surface area (Å²) >= 11 is 6.00. The monoisotopic (exact) mass is 229 g/mol. The van der Waals surface area contributed by atoms with E-state index in [0.717, 1.165) is 18.0 Å². The molecule has 2 aromatic rings. The van der Waals surface area contributed by atoms with E-state index in [1.807, 2.05) is 18.2 Å². The summed E-state index contributed by atoms with van der Waals surface area (Å²) in [7, 11) is 0. The largest absolute Gasteiger partial charge is 0.384 e. The van der Waals surface area contributed by atoms with Crippen molar-refractivity contribution in [2.24, 2.45) is 0 Å². The summed E-state index contributed by atoms with van der Waals surface area (Å²) in [5.74, 6) is 0. The van der Waals surface area contributed by atoms with Crippen molar-refractivity contribution < 1.29 is 0 Å². The van der Waals surface area contributed by atoms with Gasteiger partial charge in [0.1, 0.15) is 0 Å². The summed E-state index contributed by atoms with van der Waals surface area (Å²) < 4.78 is 0. The van der Waals surface area contributed by atoms with Crippen molar-refractivity contribution in [1.82, 2.24) is 0 Å². The second-order valence-electron chi connectivity index (χ2n) is 4.06. The van der Waals surface area contributed by atoms with Crippen molar-refractivity contribution in [3.05, 3.63) is 53.1 Å². The molecule has 0 amide bonds. The Morgan fingerprint density at radius 3 is 2.75 bits per heavy atom. The molecule has 0 aromatic heterocycles. The van der Waals surface area contributed by atoms with Gasteiger partial charge >= 0.3 is 0 Å². The fourth-order valence-corrected chi connectivity index (χ4v) is 2.34.